The van der Waals surface area contributed by atoms with Gasteiger partial charge in [-0.25, -0.2) is 19.7 Å². The number of benzene rings is 1. The minimum Gasteiger partial charge on any atom is -0.373 e. The number of rotatable bonds is 7. The molecule has 9 nitrogen and oxygen atoms in total. The summed E-state index contributed by atoms with van der Waals surface area (Å²) in [5, 5.41) is 4.46. The van der Waals surface area contributed by atoms with E-state index >= 15 is 0 Å². The van der Waals surface area contributed by atoms with E-state index in [4.69, 9.17) is 35.8 Å². The van der Waals surface area contributed by atoms with Crippen molar-refractivity contribution in [3.05, 3.63) is 45.7 Å². The molecule has 4 aromatic rings. The zero-order valence-electron chi connectivity index (χ0n) is 22.5. The molecule has 0 amide bonds. The lowest BCUT2D eigenvalue weighted by Gasteiger charge is -2.31. The Labute approximate surface area is 232 Å². The van der Waals surface area contributed by atoms with Crippen LogP contribution in [0.5, 0.6) is 0 Å². The molecule has 1 unspecified atom stereocenters. The van der Waals surface area contributed by atoms with Crippen molar-refractivity contribution in [1.82, 2.24) is 29.7 Å². The smallest absolute Gasteiger partial charge is 0.373 e. The van der Waals surface area contributed by atoms with Crippen molar-refractivity contribution in [2.24, 2.45) is 17.8 Å². The second-order valence-electron chi connectivity index (χ2n) is 11.3. The SMILES string of the molecule is COC(c1nc2nc(-c3noc(=O)[nH]3)nc(-c3cccc(Cl)c3)c2n1CC1CCC(C)CC1)C1CCCCC1. The van der Waals surface area contributed by atoms with Crippen LogP contribution in [-0.4, -0.2) is 36.8 Å². The van der Waals surface area contributed by atoms with Crippen LogP contribution in [0.15, 0.2) is 33.6 Å². The van der Waals surface area contributed by atoms with Crippen LogP contribution in [0.4, 0.5) is 0 Å². The van der Waals surface area contributed by atoms with Gasteiger partial charge in [0.15, 0.2) is 5.65 Å². The van der Waals surface area contributed by atoms with Crippen molar-refractivity contribution in [1.29, 1.82) is 0 Å². The first-order valence-electron chi connectivity index (χ1n) is 14.1. The molecular formula is C29H35ClN6O3. The van der Waals surface area contributed by atoms with Crippen molar-refractivity contribution in [3.8, 4) is 22.9 Å². The second-order valence-corrected chi connectivity index (χ2v) is 11.7. The molecule has 1 aromatic carbocycles. The van der Waals surface area contributed by atoms with Crippen LogP contribution in [0.1, 0.15) is 76.6 Å². The number of hydrogen-bond donors (Lipinski definition) is 1. The molecule has 2 aliphatic rings. The summed E-state index contributed by atoms with van der Waals surface area (Å²) in [5.74, 6) is 2.37. The zero-order chi connectivity index (χ0) is 26.9. The molecule has 2 aliphatic carbocycles. The van der Waals surface area contributed by atoms with Gasteiger partial charge in [0.25, 0.3) is 0 Å². The predicted octanol–water partition coefficient (Wildman–Crippen LogP) is 6.58. The van der Waals surface area contributed by atoms with Crippen LogP contribution < -0.4 is 5.76 Å². The number of aromatic amines is 1. The van der Waals surface area contributed by atoms with E-state index < -0.39 is 5.76 Å². The fourth-order valence-corrected chi connectivity index (χ4v) is 6.63. The normalized spacial score (nSPS) is 21.4. The number of imidazole rings is 1. The van der Waals surface area contributed by atoms with Crippen LogP contribution in [-0.2, 0) is 11.3 Å². The van der Waals surface area contributed by atoms with E-state index in [0.717, 1.165) is 42.2 Å². The van der Waals surface area contributed by atoms with Gasteiger partial charge in [0.1, 0.15) is 23.1 Å². The first-order chi connectivity index (χ1) is 19.0. The molecule has 0 aliphatic heterocycles. The molecule has 1 N–H and O–H groups in total. The van der Waals surface area contributed by atoms with E-state index in [-0.39, 0.29) is 17.8 Å². The Morgan fingerprint density at radius 1 is 1.10 bits per heavy atom. The highest BCUT2D eigenvalue weighted by Crippen LogP contribution is 2.40. The first kappa shape index (κ1) is 26.2. The summed E-state index contributed by atoms with van der Waals surface area (Å²) in [4.78, 5) is 29.2. The van der Waals surface area contributed by atoms with E-state index in [0.29, 0.717) is 28.2 Å². The van der Waals surface area contributed by atoms with Crippen LogP contribution >= 0.6 is 11.6 Å². The lowest BCUT2D eigenvalue weighted by molar-refractivity contribution is 0.0259. The average molecular weight is 551 g/mol. The summed E-state index contributed by atoms with van der Waals surface area (Å²) in [5.41, 5.74) is 2.95. The number of nitrogens with zero attached hydrogens (tertiary/aromatic N) is 5. The first-order valence-corrected chi connectivity index (χ1v) is 14.5. The minimum atomic E-state index is -0.660. The third-order valence-electron chi connectivity index (χ3n) is 8.55. The summed E-state index contributed by atoms with van der Waals surface area (Å²) >= 11 is 6.43. The van der Waals surface area contributed by atoms with E-state index in [1.807, 2.05) is 24.3 Å². The lowest BCUT2D eigenvalue weighted by atomic mass is 9.82. The van der Waals surface area contributed by atoms with Gasteiger partial charge >= 0.3 is 5.76 Å². The van der Waals surface area contributed by atoms with Crippen LogP contribution in [0.3, 0.4) is 0 Å². The maximum absolute atomic E-state index is 11.7. The van der Waals surface area contributed by atoms with Crippen molar-refractivity contribution < 1.29 is 9.26 Å². The molecule has 0 spiro atoms. The zero-order valence-corrected chi connectivity index (χ0v) is 23.3. The summed E-state index contributed by atoms with van der Waals surface area (Å²) < 4.78 is 13.3. The molecule has 2 fully saturated rings. The number of nitrogens with one attached hydrogen (secondary N) is 1. The molecule has 10 heteroatoms. The molecule has 2 saturated carbocycles. The molecule has 206 valence electrons. The molecule has 6 rings (SSSR count). The van der Waals surface area contributed by atoms with Gasteiger partial charge in [0.05, 0.1) is 0 Å². The molecule has 0 saturated heterocycles. The highest BCUT2D eigenvalue weighted by Gasteiger charge is 2.33. The number of fused-ring (bicyclic) bond motifs is 1. The predicted molar refractivity (Wildman–Crippen MR) is 149 cm³/mol. The van der Waals surface area contributed by atoms with E-state index in [1.54, 1.807) is 7.11 Å². The third-order valence-corrected chi connectivity index (χ3v) is 8.78. The standard InChI is InChI=1S/C29H35ClN6O3/c1-17-11-13-18(14-12-17)16-36-23-22(20-9-6-10-21(30)15-20)31-26(27-34-29(37)39-35-27)32-25(23)33-28(36)24(38-2)19-7-4-3-5-8-19/h6,9-10,15,17-19,24H,3-5,7-8,11-14,16H2,1-2H3,(H,34,35,37). The summed E-state index contributed by atoms with van der Waals surface area (Å²) in [6, 6.07) is 7.63. The van der Waals surface area contributed by atoms with E-state index in [1.165, 1.54) is 44.9 Å². The van der Waals surface area contributed by atoms with E-state index in [2.05, 4.69) is 21.6 Å². The Kier molecular flexibility index (Phi) is 7.53. The molecule has 3 aromatic heterocycles. The fraction of sp³-hybridized carbons (Fsp3) is 0.552. The average Bonchev–Trinajstić information content (AvgIpc) is 3.54. The summed E-state index contributed by atoms with van der Waals surface area (Å²) in [6.45, 7) is 3.18. The largest absolute Gasteiger partial charge is 0.439 e. The quantitative estimate of drug-likeness (QED) is 0.276. The topological polar surface area (TPSA) is 112 Å². The monoisotopic (exact) mass is 550 g/mol. The molecule has 39 heavy (non-hydrogen) atoms. The molecular weight excluding hydrogens is 516 g/mol. The highest BCUT2D eigenvalue weighted by molar-refractivity contribution is 6.30. The van der Waals surface area contributed by atoms with Crippen LogP contribution in [0.25, 0.3) is 34.1 Å². The Hall–Kier alpha value is -3.04. The number of ether oxygens (including phenoxy) is 1. The van der Waals surface area contributed by atoms with Gasteiger partial charge in [0, 0.05) is 24.2 Å². The second kappa shape index (κ2) is 11.2. The van der Waals surface area contributed by atoms with Crippen LogP contribution in [0.2, 0.25) is 5.02 Å². The van der Waals surface area contributed by atoms with Crippen molar-refractivity contribution in [2.45, 2.75) is 77.4 Å². The number of H-pyrrole nitrogens is 1. The van der Waals surface area contributed by atoms with Crippen molar-refractivity contribution in [2.75, 3.05) is 7.11 Å². The third kappa shape index (κ3) is 5.39. The van der Waals surface area contributed by atoms with Crippen LogP contribution in [0, 0.1) is 17.8 Å². The Morgan fingerprint density at radius 3 is 2.59 bits per heavy atom. The molecule has 3 heterocycles. The highest BCUT2D eigenvalue weighted by atomic mass is 35.5. The van der Waals surface area contributed by atoms with Gasteiger partial charge in [-0.3, -0.25) is 9.51 Å². The number of halogens is 1. The van der Waals surface area contributed by atoms with Gasteiger partial charge in [0.2, 0.25) is 11.6 Å². The van der Waals surface area contributed by atoms with Crippen molar-refractivity contribution >= 4 is 22.8 Å². The van der Waals surface area contributed by atoms with E-state index in [9.17, 15) is 4.79 Å². The Bertz CT molecular complexity index is 1500. The number of aromatic nitrogens is 6. The maximum Gasteiger partial charge on any atom is 0.439 e. The molecule has 0 bridgehead atoms. The van der Waals surface area contributed by atoms with Gasteiger partial charge in [-0.15, -0.1) is 0 Å². The summed E-state index contributed by atoms with van der Waals surface area (Å²) in [7, 11) is 1.79. The van der Waals surface area contributed by atoms with Gasteiger partial charge in [-0.05, 0) is 55.6 Å². The lowest BCUT2D eigenvalue weighted by Crippen LogP contribution is -2.24. The molecule has 0 radical (unpaired) electrons. The summed E-state index contributed by atoms with van der Waals surface area (Å²) in [6.07, 6.45) is 10.7. The fourth-order valence-electron chi connectivity index (χ4n) is 6.44. The number of hydrogen-bond acceptors (Lipinski definition) is 7. The van der Waals surface area contributed by atoms with Gasteiger partial charge in [-0.2, -0.15) is 0 Å². The molecule has 1 atom stereocenters. The van der Waals surface area contributed by atoms with Crippen molar-refractivity contribution in [3.63, 3.8) is 0 Å². The maximum atomic E-state index is 11.7. The number of methoxy groups -OCH3 is 1. The van der Waals surface area contributed by atoms with Gasteiger partial charge in [-0.1, -0.05) is 67.9 Å². The minimum absolute atomic E-state index is 0.135. The Balaban J connectivity index is 1.57. The van der Waals surface area contributed by atoms with Gasteiger partial charge < -0.3 is 9.30 Å². The Morgan fingerprint density at radius 2 is 1.90 bits per heavy atom.